The van der Waals surface area contributed by atoms with E-state index in [0.29, 0.717) is 5.54 Å². The van der Waals surface area contributed by atoms with Crippen molar-refractivity contribution in [3.63, 3.8) is 0 Å². The lowest BCUT2D eigenvalue weighted by Crippen LogP contribution is -2.62. The van der Waals surface area contributed by atoms with Crippen molar-refractivity contribution in [2.45, 2.75) is 69.9 Å². The lowest BCUT2D eigenvalue weighted by atomic mass is 9.92. The fraction of sp³-hybridized carbons (Fsp3) is 0.875. The van der Waals surface area contributed by atoms with E-state index in [1.807, 2.05) is 0 Å². The van der Waals surface area contributed by atoms with Crippen LogP contribution in [0.4, 0.5) is 0 Å². The summed E-state index contributed by atoms with van der Waals surface area (Å²) in [5.74, 6) is 0. The molecular formula is C16H28N2. The van der Waals surface area contributed by atoms with Crippen LogP contribution in [0.25, 0.3) is 0 Å². The van der Waals surface area contributed by atoms with Gasteiger partial charge in [0, 0.05) is 31.2 Å². The van der Waals surface area contributed by atoms with Crippen LogP contribution in [0.1, 0.15) is 58.3 Å². The maximum absolute atomic E-state index is 3.85. The van der Waals surface area contributed by atoms with Gasteiger partial charge < -0.3 is 5.32 Å². The molecule has 18 heavy (non-hydrogen) atoms. The van der Waals surface area contributed by atoms with Gasteiger partial charge in [-0.2, -0.15) is 0 Å². The fourth-order valence-corrected chi connectivity index (χ4v) is 4.03. The molecule has 102 valence electrons. The Kier molecular flexibility index (Phi) is 3.76. The predicted molar refractivity (Wildman–Crippen MR) is 76.8 cm³/mol. The van der Waals surface area contributed by atoms with Crippen LogP contribution in [-0.2, 0) is 0 Å². The van der Waals surface area contributed by atoms with Crippen molar-refractivity contribution in [1.82, 2.24) is 10.2 Å². The minimum atomic E-state index is 0.483. The van der Waals surface area contributed by atoms with Gasteiger partial charge in [-0.25, -0.2) is 0 Å². The third kappa shape index (κ3) is 2.65. The highest BCUT2D eigenvalue weighted by Gasteiger charge is 2.39. The zero-order valence-corrected chi connectivity index (χ0v) is 11.9. The third-order valence-corrected chi connectivity index (χ3v) is 5.32. The van der Waals surface area contributed by atoms with Crippen molar-refractivity contribution < 1.29 is 0 Å². The summed E-state index contributed by atoms with van der Waals surface area (Å²) in [5, 5.41) is 3.85. The Hall–Kier alpha value is -0.340. The van der Waals surface area contributed by atoms with Crippen molar-refractivity contribution in [3.8, 4) is 0 Å². The van der Waals surface area contributed by atoms with Crippen molar-refractivity contribution in [3.05, 3.63) is 11.6 Å². The molecule has 1 heterocycles. The summed E-state index contributed by atoms with van der Waals surface area (Å²) in [7, 11) is 0. The molecule has 1 saturated carbocycles. The summed E-state index contributed by atoms with van der Waals surface area (Å²) in [6, 6.07) is 0.721. The second-order valence-electron chi connectivity index (χ2n) is 6.69. The maximum Gasteiger partial charge on any atom is 0.0309 e. The zero-order valence-electron chi connectivity index (χ0n) is 11.9. The first-order valence-electron chi connectivity index (χ1n) is 7.94. The Labute approximate surface area is 112 Å². The Morgan fingerprint density at radius 1 is 1.33 bits per heavy atom. The Morgan fingerprint density at radius 2 is 2.17 bits per heavy atom. The first-order chi connectivity index (χ1) is 8.77. The van der Waals surface area contributed by atoms with Crippen molar-refractivity contribution >= 4 is 0 Å². The monoisotopic (exact) mass is 248 g/mol. The first-order valence-corrected chi connectivity index (χ1v) is 7.94. The van der Waals surface area contributed by atoms with Gasteiger partial charge in [0.15, 0.2) is 0 Å². The average molecular weight is 248 g/mol. The quantitative estimate of drug-likeness (QED) is 0.772. The number of rotatable bonds is 3. The summed E-state index contributed by atoms with van der Waals surface area (Å²) in [6.07, 6.45) is 13.6. The van der Waals surface area contributed by atoms with Gasteiger partial charge in [-0.05, 0) is 45.4 Å². The smallest absolute Gasteiger partial charge is 0.0309 e. The molecule has 1 saturated heterocycles. The molecule has 1 N–H and O–H groups in total. The molecule has 3 aliphatic rings. The molecule has 0 radical (unpaired) electrons. The van der Waals surface area contributed by atoms with E-state index in [0.717, 1.165) is 6.04 Å². The van der Waals surface area contributed by atoms with Crippen LogP contribution in [0, 0.1) is 0 Å². The highest BCUT2D eigenvalue weighted by atomic mass is 15.2. The van der Waals surface area contributed by atoms with Gasteiger partial charge in [0.2, 0.25) is 0 Å². The van der Waals surface area contributed by atoms with E-state index in [1.54, 1.807) is 5.57 Å². The Balaban J connectivity index is 1.55. The molecule has 0 amide bonds. The van der Waals surface area contributed by atoms with Crippen LogP contribution < -0.4 is 5.32 Å². The van der Waals surface area contributed by atoms with E-state index >= 15 is 0 Å². The number of nitrogens with zero attached hydrogens (tertiary/aromatic N) is 1. The van der Waals surface area contributed by atoms with Crippen LogP contribution in [0.15, 0.2) is 11.6 Å². The minimum Gasteiger partial charge on any atom is -0.308 e. The van der Waals surface area contributed by atoms with Gasteiger partial charge in [0.05, 0.1) is 0 Å². The lowest BCUT2D eigenvalue weighted by molar-refractivity contribution is 0.0902. The molecule has 0 bridgehead atoms. The van der Waals surface area contributed by atoms with Crippen molar-refractivity contribution in [2.24, 2.45) is 0 Å². The van der Waals surface area contributed by atoms with E-state index in [-0.39, 0.29) is 0 Å². The van der Waals surface area contributed by atoms with Gasteiger partial charge in [0.1, 0.15) is 0 Å². The summed E-state index contributed by atoms with van der Waals surface area (Å²) in [5.41, 5.74) is 2.21. The molecule has 0 aromatic carbocycles. The molecular weight excluding hydrogens is 220 g/mol. The van der Waals surface area contributed by atoms with Crippen molar-refractivity contribution in [1.29, 1.82) is 0 Å². The standard InChI is InChI=1S/C16H28N2/c1-14-12-17-16(9-4-5-10-16)13-18(14)11-8-15-6-2-3-7-15/h6,14,17H,2-5,7-13H2,1H3. The van der Waals surface area contributed by atoms with Crippen LogP contribution in [0.2, 0.25) is 0 Å². The van der Waals surface area contributed by atoms with Gasteiger partial charge in [-0.15, -0.1) is 0 Å². The van der Waals surface area contributed by atoms with Crippen LogP contribution in [0.5, 0.6) is 0 Å². The minimum absolute atomic E-state index is 0.483. The summed E-state index contributed by atoms with van der Waals surface area (Å²) in [4.78, 5) is 2.75. The number of allylic oxidation sites excluding steroid dienone is 1. The van der Waals surface area contributed by atoms with Gasteiger partial charge >= 0.3 is 0 Å². The largest absolute Gasteiger partial charge is 0.308 e. The van der Waals surface area contributed by atoms with Crippen LogP contribution >= 0.6 is 0 Å². The van der Waals surface area contributed by atoms with E-state index in [1.165, 1.54) is 71.0 Å². The summed E-state index contributed by atoms with van der Waals surface area (Å²) >= 11 is 0. The summed E-state index contributed by atoms with van der Waals surface area (Å²) in [6.45, 7) is 6.16. The number of hydrogen-bond donors (Lipinski definition) is 1. The first kappa shape index (κ1) is 12.7. The maximum atomic E-state index is 3.85. The molecule has 2 heteroatoms. The fourth-order valence-electron chi connectivity index (χ4n) is 4.03. The van der Waals surface area contributed by atoms with Crippen LogP contribution in [-0.4, -0.2) is 36.1 Å². The van der Waals surface area contributed by atoms with Gasteiger partial charge in [-0.1, -0.05) is 24.5 Å². The molecule has 1 atom stereocenters. The number of nitrogens with one attached hydrogen (secondary N) is 1. The van der Waals surface area contributed by atoms with E-state index in [4.69, 9.17) is 0 Å². The second-order valence-corrected chi connectivity index (χ2v) is 6.69. The van der Waals surface area contributed by atoms with E-state index < -0.39 is 0 Å². The molecule has 0 aromatic rings. The van der Waals surface area contributed by atoms with Crippen molar-refractivity contribution in [2.75, 3.05) is 19.6 Å². The molecule has 2 nitrogen and oxygen atoms in total. The highest BCUT2D eigenvalue weighted by molar-refractivity contribution is 5.08. The molecule has 3 rings (SSSR count). The molecule has 2 fully saturated rings. The Morgan fingerprint density at radius 3 is 2.89 bits per heavy atom. The molecule has 2 aliphatic carbocycles. The molecule has 1 spiro atoms. The summed E-state index contributed by atoms with van der Waals surface area (Å²) < 4.78 is 0. The predicted octanol–water partition coefficient (Wildman–Crippen LogP) is 3.09. The van der Waals surface area contributed by atoms with Gasteiger partial charge in [-0.3, -0.25) is 4.90 Å². The van der Waals surface area contributed by atoms with Crippen LogP contribution in [0.3, 0.4) is 0 Å². The average Bonchev–Trinajstić information content (AvgIpc) is 3.03. The van der Waals surface area contributed by atoms with Gasteiger partial charge in [0.25, 0.3) is 0 Å². The number of piperazine rings is 1. The highest BCUT2D eigenvalue weighted by Crippen LogP contribution is 2.33. The molecule has 1 unspecified atom stereocenters. The third-order valence-electron chi connectivity index (χ3n) is 5.32. The SMILES string of the molecule is CC1CNC2(CCCC2)CN1CCC1=CCCC1. The second kappa shape index (κ2) is 5.34. The Bertz CT molecular complexity index is 315. The van der Waals surface area contributed by atoms with E-state index in [2.05, 4.69) is 23.2 Å². The number of hydrogen-bond acceptors (Lipinski definition) is 2. The lowest BCUT2D eigenvalue weighted by Gasteiger charge is -2.45. The van der Waals surface area contributed by atoms with E-state index in [9.17, 15) is 0 Å². The normalized spacial score (nSPS) is 32.1. The molecule has 0 aromatic heterocycles. The molecule has 1 aliphatic heterocycles. The zero-order chi connectivity index (χ0) is 12.4. The topological polar surface area (TPSA) is 15.3 Å².